The lowest BCUT2D eigenvalue weighted by Gasteiger charge is -2.24. The third kappa shape index (κ3) is 51.2. The number of hydrogen-bond donors (Lipinski definition) is 0. The second kappa shape index (κ2) is 61.8. The molecule has 1 saturated heterocycles. The molecule has 1 unspecified atom stereocenters. The van der Waals surface area contributed by atoms with Gasteiger partial charge in [-0.15, -0.1) is 0 Å². The van der Waals surface area contributed by atoms with Gasteiger partial charge < -0.3 is 42.8 Å². The normalized spacial score (nSPS) is 15.5. The first-order valence-corrected chi connectivity index (χ1v) is 38.7. The monoisotopic (exact) mass is 1320 g/mol. The summed E-state index contributed by atoms with van der Waals surface area (Å²) >= 11 is 0. The Balaban J connectivity index is 2.96. The number of hydrogen-bond acceptors (Lipinski definition) is 16. The van der Waals surface area contributed by atoms with Crippen LogP contribution in [0.15, 0.2) is 0 Å². The quantitative estimate of drug-likeness (QED) is 0.0316. The number of unbranched alkanes of at least 4 members (excludes halogenated alkanes) is 24. The minimum absolute atomic E-state index is 0.0515. The Morgan fingerprint density at radius 1 is 0.301 bits per heavy atom. The van der Waals surface area contributed by atoms with Crippen molar-refractivity contribution in [2.75, 3.05) is 47.1 Å². The van der Waals surface area contributed by atoms with Crippen LogP contribution in [0.1, 0.15) is 363 Å². The van der Waals surface area contributed by atoms with Crippen LogP contribution in [0.25, 0.3) is 0 Å². The van der Waals surface area contributed by atoms with Gasteiger partial charge in [0.05, 0.1) is 19.8 Å². The molecular formula is C77H141NO15. The number of rotatable bonds is 66. The van der Waals surface area contributed by atoms with Crippen LogP contribution in [0.3, 0.4) is 0 Å². The van der Waals surface area contributed by atoms with E-state index in [1.807, 2.05) is 19.0 Å². The zero-order valence-corrected chi connectivity index (χ0v) is 61.0. The number of ether oxygens (including phenoxy) is 8. The maximum Gasteiger partial charge on any atom is 0.308 e. The van der Waals surface area contributed by atoms with Gasteiger partial charge in [0.25, 0.3) is 0 Å². The Labute approximate surface area is 567 Å². The van der Waals surface area contributed by atoms with Gasteiger partial charge in [0.15, 0.2) is 6.10 Å². The number of carbonyl (C=O) groups excluding carboxylic acids is 7. The highest BCUT2D eigenvalue weighted by Crippen LogP contribution is 2.31. The average Bonchev–Trinajstić information content (AvgIpc) is 1.69. The van der Waals surface area contributed by atoms with Crippen LogP contribution in [-0.4, -0.2) is 118 Å². The summed E-state index contributed by atoms with van der Waals surface area (Å²) in [5.74, 6) is -0.837. The molecule has 1 aliphatic heterocycles. The van der Waals surface area contributed by atoms with Gasteiger partial charge in [-0.05, 0) is 103 Å². The van der Waals surface area contributed by atoms with E-state index in [4.69, 9.17) is 37.9 Å². The maximum absolute atomic E-state index is 13.7. The third-order valence-corrected chi connectivity index (χ3v) is 18.4. The van der Waals surface area contributed by atoms with Crippen molar-refractivity contribution >= 4 is 41.8 Å². The molecule has 0 saturated carbocycles. The van der Waals surface area contributed by atoms with E-state index in [1.165, 1.54) is 154 Å². The summed E-state index contributed by atoms with van der Waals surface area (Å²) in [4.78, 5) is 93.9. The van der Waals surface area contributed by atoms with Crippen LogP contribution in [0.5, 0.6) is 0 Å². The molecule has 0 aliphatic carbocycles. The predicted octanol–water partition coefficient (Wildman–Crippen LogP) is 19.3. The average molecular weight is 1320 g/mol. The minimum atomic E-state index is -1.43. The zero-order chi connectivity index (χ0) is 68.2. The number of carbonyl (C=O) groups is 7. The Morgan fingerprint density at radius 2 is 0.570 bits per heavy atom. The molecule has 544 valence electrons. The van der Waals surface area contributed by atoms with Gasteiger partial charge >= 0.3 is 41.8 Å². The molecule has 1 fully saturated rings. The molecule has 1 aliphatic rings. The molecule has 0 spiro atoms. The summed E-state index contributed by atoms with van der Waals surface area (Å²) in [6.45, 7) is 15.1. The largest absolute Gasteiger partial charge is 0.466 e. The van der Waals surface area contributed by atoms with E-state index in [9.17, 15) is 33.6 Å². The van der Waals surface area contributed by atoms with Gasteiger partial charge in [-0.25, -0.2) is 0 Å². The van der Waals surface area contributed by atoms with E-state index in [2.05, 4.69) is 41.5 Å². The lowest BCUT2D eigenvalue weighted by molar-refractivity contribution is -0.200. The van der Waals surface area contributed by atoms with Crippen LogP contribution in [-0.2, 0) is 71.5 Å². The van der Waals surface area contributed by atoms with Gasteiger partial charge in [-0.2, -0.15) is 0 Å². The van der Waals surface area contributed by atoms with Crippen molar-refractivity contribution in [3.05, 3.63) is 0 Å². The lowest BCUT2D eigenvalue weighted by Crippen LogP contribution is -2.42. The van der Waals surface area contributed by atoms with E-state index >= 15 is 0 Å². The minimum Gasteiger partial charge on any atom is -0.466 e. The predicted molar refractivity (Wildman–Crippen MR) is 372 cm³/mol. The molecule has 0 amide bonds. The second-order valence-corrected chi connectivity index (χ2v) is 27.4. The van der Waals surface area contributed by atoms with E-state index in [-0.39, 0.29) is 50.2 Å². The summed E-state index contributed by atoms with van der Waals surface area (Å²) in [7, 11) is 3.84. The van der Waals surface area contributed by atoms with Crippen LogP contribution < -0.4 is 0 Å². The van der Waals surface area contributed by atoms with E-state index in [1.54, 1.807) is 0 Å². The third-order valence-electron chi connectivity index (χ3n) is 18.4. The Bertz CT molecular complexity index is 1820. The fraction of sp³-hybridized carbons (Fsp3) is 0.909. The summed E-state index contributed by atoms with van der Waals surface area (Å²) in [6.07, 6.45) is 39.6. The van der Waals surface area contributed by atoms with E-state index in [0.717, 1.165) is 77.0 Å². The molecule has 4 atom stereocenters. The molecule has 0 aromatic carbocycles. The molecule has 0 radical (unpaired) electrons. The summed E-state index contributed by atoms with van der Waals surface area (Å²) in [5, 5.41) is 0. The van der Waals surface area contributed by atoms with Gasteiger partial charge in [0.1, 0.15) is 12.7 Å². The molecule has 16 nitrogen and oxygen atoms in total. The summed E-state index contributed by atoms with van der Waals surface area (Å²) in [5.41, 5.74) is 0. The molecule has 1 heterocycles. The van der Waals surface area contributed by atoms with Crippen molar-refractivity contribution in [1.29, 1.82) is 0 Å². The number of esters is 7. The molecule has 0 aromatic heterocycles. The molecule has 0 N–H and O–H groups in total. The standard InChI is InChI=1S/C77H141NO15/c1-9-15-30-43-64(44-31-16-10-2)56-60-86-68(79)49-36-24-21-27-39-52-72(83)91-75-67(63-89-71(82)55-42-59-78(7)8)90-77(93-74(85)54-41-29-23-26-38-51-70(81)88-62-58-66(47-34-19-13-5)48-35-20-14-6)76(75)92-73(84)53-40-28-22-25-37-50-69(80)87-61-57-65(45-32-17-11-3)46-33-18-12-4/h64-67,75-77H,9-63H2,1-8H3/t67-,75+,76?,77+/m1/s1. The van der Waals surface area contributed by atoms with E-state index in [0.29, 0.717) is 108 Å². The molecular weight excluding hydrogens is 1180 g/mol. The maximum atomic E-state index is 13.7. The van der Waals surface area contributed by atoms with E-state index < -0.39 is 48.5 Å². The van der Waals surface area contributed by atoms with Crippen LogP contribution in [0.2, 0.25) is 0 Å². The van der Waals surface area contributed by atoms with Crippen molar-refractivity contribution in [1.82, 2.24) is 4.90 Å². The van der Waals surface area contributed by atoms with Crippen LogP contribution >= 0.6 is 0 Å². The Morgan fingerprint density at radius 3 is 0.882 bits per heavy atom. The van der Waals surface area contributed by atoms with Gasteiger partial charge in [-0.1, -0.05) is 253 Å². The first-order valence-electron chi connectivity index (χ1n) is 38.7. The Kier molecular flexibility index (Phi) is 57.9. The van der Waals surface area contributed by atoms with Crippen molar-refractivity contribution in [3.8, 4) is 0 Å². The molecule has 0 aromatic rings. The zero-order valence-electron chi connectivity index (χ0n) is 61.0. The fourth-order valence-electron chi connectivity index (χ4n) is 12.4. The summed E-state index contributed by atoms with van der Waals surface area (Å²) < 4.78 is 46.9. The molecule has 93 heavy (non-hydrogen) atoms. The highest BCUT2D eigenvalue weighted by molar-refractivity contribution is 5.72. The van der Waals surface area contributed by atoms with Gasteiger partial charge in [0.2, 0.25) is 12.4 Å². The van der Waals surface area contributed by atoms with Crippen molar-refractivity contribution < 1.29 is 71.5 Å². The lowest BCUT2D eigenvalue weighted by atomic mass is 9.92. The van der Waals surface area contributed by atoms with Crippen LogP contribution in [0, 0.1) is 17.8 Å². The van der Waals surface area contributed by atoms with Crippen molar-refractivity contribution in [2.24, 2.45) is 17.8 Å². The highest BCUT2D eigenvalue weighted by Gasteiger charge is 2.52. The Hall–Kier alpha value is -3.79. The van der Waals surface area contributed by atoms with Gasteiger partial charge in [0, 0.05) is 44.9 Å². The first kappa shape index (κ1) is 87.2. The fourth-order valence-corrected chi connectivity index (χ4v) is 12.4. The smallest absolute Gasteiger partial charge is 0.308 e. The van der Waals surface area contributed by atoms with Crippen molar-refractivity contribution in [3.63, 3.8) is 0 Å². The number of nitrogens with zero attached hydrogens (tertiary/aromatic N) is 1. The van der Waals surface area contributed by atoms with Crippen LogP contribution in [0.4, 0.5) is 0 Å². The topological polar surface area (TPSA) is 197 Å². The molecule has 1 rings (SSSR count). The summed E-state index contributed by atoms with van der Waals surface area (Å²) in [6, 6.07) is 0. The molecule has 0 bridgehead atoms. The SMILES string of the molecule is CCCCCC(CCCCC)CCOC(=O)CCCCCCCC(=O)OC1[C@H](OC(=O)CCCCCCCC(=O)OCCC(CCCCC)CCCCC)O[C@H](COC(=O)CCCN(C)C)[C@@H]1OC(=O)CCCCCCCC(=O)OCCC(CCCCC)CCCCC. The highest BCUT2D eigenvalue weighted by atomic mass is 16.8. The molecule has 16 heteroatoms. The second-order valence-electron chi connectivity index (χ2n) is 27.4. The first-order chi connectivity index (χ1) is 45.2. The van der Waals surface area contributed by atoms with Gasteiger partial charge in [-0.3, -0.25) is 33.6 Å². The van der Waals surface area contributed by atoms with Crippen molar-refractivity contribution in [2.45, 2.75) is 387 Å².